The minimum absolute atomic E-state index is 0.259. The summed E-state index contributed by atoms with van der Waals surface area (Å²) in [6.45, 7) is 0. The number of hydrogen-bond donors (Lipinski definition) is 0. The van der Waals surface area contributed by atoms with Crippen LogP contribution < -0.4 is 5.56 Å². The standard InChI is InChI=1S/C22H18FN3O3S/c1-25(2)12-24-18-17-15-6-4-5-7-16(15)20(27)26(14-10-8-13(23)9-11-14)21(17)30-19(18)22(28)29-3/h4-12H,1-3H3. The van der Waals surface area contributed by atoms with Crippen molar-refractivity contribution in [3.8, 4) is 5.69 Å². The third kappa shape index (κ3) is 3.25. The summed E-state index contributed by atoms with van der Waals surface area (Å²) in [4.78, 5) is 33.0. The Morgan fingerprint density at radius 2 is 1.80 bits per heavy atom. The number of rotatable bonds is 4. The van der Waals surface area contributed by atoms with Gasteiger partial charge < -0.3 is 9.64 Å². The van der Waals surface area contributed by atoms with Crippen molar-refractivity contribution in [1.82, 2.24) is 9.47 Å². The summed E-state index contributed by atoms with van der Waals surface area (Å²) < 4.78 is 19.9. The van der Waals surface area contributed by atoms with Crippen LogP contribution in [0.2, 0.25) is 0 Å². The fraction of sp³-hybridized carbons (Fsp3) is 0.136. The maximum atomic E-state index is 13.5. The SMILES string of the molecule is COC(=O)c1sc2c(c1N=CN(C)C)c1ccccc1c(=O)n2-c1ccc(F)cc1. The van der Waals surface area contributed by atoms with Crippen LogP contribution >= 0.6 is 11.3 Å². The molecule has 4 aromatic rings. The number of nitrogens with zero attached hydrogens (tertiary/aromatic N) is 3. The smallest absolute Gasteiger partial charge is 0.350 e. The van der Waals surface area contributed by atoms with E-state index < -0.39 is 11.8 Å². The van der Waals surface area contributed by atoms with Crippen LogP contribution in [0.5, 0.6) is 0 Å². The van der Waals surface area contributed by atoms with E-state index in [1.807, 2.05) is 26.2 Å². The van der Waals surface area contributed by atoms with Gasteiger partial charge in [0.15, 0.2) is 0 Å². The lowest BCUT2D eigenvalue weighted by molar-refractivity contribution is 0.0607. The van der Waals surface area contributed by atoms with E-state index in [9.17, 15) is 14.0 Å². The maximum Gasteiger partial charge on any atom is 0.350 e. The number of pyridine rings is 1. The first kappa shape index (κ1) is 19.8. The molecule has 8 heteroatoms. The van der Waals surface area contributed by atoms with Gasteiger partial charge in [-0.3, -0.25) is 9.36 Å². The van der Waals surface area contributed by atoms with Gasteiger partial charge >= 0.3 is 5.97 Å². The van der Waals surface area contributed by atoms with Gasteiger partial charge in [-0.15, -0.1) is 11.3 Å². The van der Waals surface area contributed by atoms with Gasteiger partial charge in [0.2, 0.25) is 0 Å². The number of carbonyl (C=O) groups is 1. The van der Waals surface area contributed by atoms with E-state index in [1.54, 1.807) is 23.4 Å². The van der Waals surface area contributed by atoms with Gasteiger partial charge in [-0.05, 0) is 35.7 Å². The highest BCUT2D eigenvalue weighted by Gasteiger charge is 2.24. The first-order valence-electron chi connectivity index (χ1n) is 9.07. The van der Waals surface area contributed by atoms with E-state index >= 15 is 0 Å². The summed E-state index contributed by atoms with van der Waals surface area (Å²) in [5, 5.41) is 1.83. The van der Waals surface area contributed by atoms with Gasteiger partial charge in [-0.1, -0.05) is 18.2 Å². The molecule has 2 aromatic heterocycles. The van der Waals surface area contributed by atoms with E-state index in [0.29, 0.717) is 32.4 Å². The molecular weight excluding hydrogens is 405 g/mol. The number of aliphatic imine (C=N–C) groups is 1. The molecule has 0 saturated carbocycles. The zero-order chi connectivity index (χ0) is 21.4. The van der Waals surface area contributed by atoms with E-state index in [4.69, 9.17) is 4.74 Å². The van der Waals surface area contributed by atoms with Crippen molar-refractivity contribution in [1.29, 1.82) is 0 Å². The van der Waals surface area contributed by atoms with Crippen molar-refractivity contribution in [3.63, 3.8) is 0 Å². The number of hydrogen-bond acceptors (Lipinski definition) is 5. The second kappa shape index (κ2) is 7.72. The second-order valence-corrected chi connectivity index (χ2v) is 7.82. The number of fused-ring (bicyclic) bond motifs is 3. The summed E-state index contributed by atoms with van der Waals surface area (Å²) in [7, 11) is 4.95. The molecule has 2 aromatic carbocycles. The average molecular weight is 423 g/mol. The molecule has 0 N–H and O–H groups in total. The topological polar surface area (TPSA) is 63.9 Å². The zero-order valence-electron chi connectivity index (χ0n) is 16.5. The van der Waals surface area contributed by atoms with Gasteiger partial charge in [0.05, 0.1) is 19.1 Å². The molecule has 0 spiro atoms. The van der Waals surface area contributed by atoms with E-state index in [0.717, 1.165) is 11.3 Å². The quantitative estimate of drug-likeness (QED) is 0.278. The van der Waals surface area contributed by atoms with Crippen molar-refractivity contribution >= 4 is 50.3 Å². The number of thiophene rings is 1. The number of methoxy groups -OCH3 is 1. The second-order valence-electron chi connectivity index (χ2n) is 6.82. The highest BCUT2D eigenvalue weighted by atomic mass is 32.1. The number of aromatic nitrogens is 1. The maximum absolute atomic E-state index is 13.5. The minimum Gasteiger partial charge on any atom is -0.465 e. The Morgan fingerprint density at radius 1 is 1.13 bits per heavy atom. The lowest BCUT2D eigenvalue weighted by Gasteiger charge is -2.11. The molecule has 0 aliphatic heterocycles. The average Bonchev–Trinajstić information content (AvgIpc) is 3.12. The molecule has 0 atom stereocenters. The Kier molecular flexibility index (Phi) is 5.09. The van der Waals surface area contributed by atoms with Crippen molar-refractivity contribution in [2.45, 2.75) is 0 Å². The predicted octanol–water partition coefficient (Wildman–Crippen LogP) is 4.35. The number of carbonyl (C=O) groups excluding carboxylic acids is 1. The van der Waals surface area contributed by atoms with Crippen LogP contribution in [-0.2, 0) is 4.74 Å². The predicted molar refractivity (Wildman–Crippen MR) is 118 cm³/mol. The molecule has 0 amide bonds. The van der Waals surface area contributed by atoms with Crippen LogP contribution in [0.4, 0.5) is 10.1 Å². The number of halogens is 1. The highest BCUT2D eigenvalue weighted by molar-refractivity contribution is 7.21. The Morgan fingerprint density at radius 3 is 2.43 bits per heavy atom. The van der Waals surface area contributed by atoms with E-state index in [2.05, 4.69) is 4.99 Å². The van der Waals surface area contributed by atoms with Crippen LogP contribution in [-0.4, -0.2) is 43.0 Å². The third-order valence-corrected chi connectivity index (χ3v) is 5.72. The fourth-order valence-corrected chi connectivity index (χ4v) is 4.46. The molecule has 0 unspecified atom stereocenters. The largest absolute Gasteiger partial charge is 0.465 e. The molecule has 0 radical (unpaired) electrons. The monoisotopic (exact) mass is 423 g/mol. The van der Waals surface area contributed by atoms with Crippen LogP contribution in [0.1, 0.15) is 9.67 Å². The Hall–Kier alpha value is -3.52. The van der Waals surface area contributed by atoms with E-state index in [-0.39, 0.29) is 10.4 Å². The van der Waals surface area contributed by atoms with Crippen LogP contribution in [0.25, 0.3) is 26.7 Å². The summed E-state index contributed by atoms with van der Waals surface area (Å²) in [6.07, 6.45) is 1.59. The minimum atomic E-state index is -0.538. The van der Waals surface area contributed by atoms with Crippen molar-refractivity contribution < 1.29 is 13.9 Å². The van der Waals surface area contributed by atoms with Gasteiger partial charge in [0.25, 0.3) is 5.56 Å². The normalized spacial score (nSPS) is 11.5. The van der Waals surface area contributed by atoms with Crippen LogP contribution in [0, 0.1) is 5.82 Å². The third-order valence-electron chi connectivity index (χ3n) is 4.57. The Labute approximate surface area is 175 Å². The molecule has 6 nitrogen and oxygen atoms in total. The molecular formula is C22H18FN3O3S. The summed E-state index contributed by atoms with van der Waals surface area (Å²) in [5.74, 6) is -0.939. The van der Waals surface area contributed by atoms with Gasteiger partial charge in [-0.2, -0.15) is 0 Å². The fourth-order valence-electron chi connectivity index (χ4n) is 3.26. The molecule has 4 rings (SSSR count). The van der Waals surface area contributed by atoms with Crippen molar-refractivity contribution in [2.75, 3.05) is 21.2 Å². The molecule has 0 bridgehead atoms. The van der Waals surface area contributed by atoms with Gasteiger partial charge in [-0.25, -0.2) is 14.2 Å². The van der Waals surface area contributed by atoms with Gasteiger partial charge in [0, 0.05) is 24.9 Å². The van der Waals surface area contributed by atoms with Crippen LogP contribution in [0.15, 0.2) is 58.3 Å². The zero-order valence-corrected chi connectivity index (χ0v) is 17.4. The van der Waals surface area contributed by atoms with Crippen molar-refractivity contribution in [2.24, 2.45) is 4.99 Å². The van der Waals surface area contributed by atoms with Crippen LogP contribution in [0.3, 0.4) is 0 Å². The number of benzene rings is 2. The molecule has 0 aliphatic carbocycles. The molecule has 2 heterocycles. The Balaban J connectivity index is 2.22. The van der Waals surface area contributed by atoms with E-state index in [1.165, 1.54) is 35.9 Å². The molecule has 0 saturated heterocycles. The Bertz CT molecular complexity index is 1350. The lowest BCUT2D eigenvalue weighted by Crippen LogP contribution is -2.18. The summed E-state index contributed by atoms with van der Waals surface area (Å²) in [5.41, 5.74) is 0.672. The van der Waals surface area contributed by atoms with Gasteiger partial charge in [0.1, 0.15) is 21.2 Å². The molecule has 30 heavy (non-hydrogen) atoms. The summed E-state index contributed by atoms with van der Waals surface area (Å²) in [6, 6.07) is 12.8. The van der Waals surface area contributed by atoms with Crippen molar-refractivity contribution in [3.05, 3.63) is 69.6 Å². The molecule has 0 aliphatic rings. The molecule has 152 valence electrons. The summed E-state index contributed by atoms with van der Waals surface area (Å²) >= 11 is 1.13. The molecule has 0 fully saturated rings. The first-order valence-corrected chi connectivity index (χ1v) is 9.89. The highest BCUT2D eigenvalue weighted by Crippen LogP contribution is 2.42. The number of esters is 1. The number of ether oxygens (including phenoxy) is 1. The first-order chi connectivity index (χ1) is 14.4. The lowest BCUT2D eigenvalue weighted by atomic mass is 10.1.